The molecule has 2 fully saturated rings. The van der Waals surface area contributed by atoms with Crippen LogP contribution >= 0.6 is 0 Å². The lowest BCUT2D eigenvalue weighted by Gasteiger charge is -2.01. The zero-order chi connectivity index (χ0) is 17.2. The van der Waals surface area contributed by atoms with Crippen molar-refractivity contribution in [2.45, 2.75) is 108 Å². The monoisotopic (exact) mass is 342 g/mol. The summed E-state index contributed by atoms with van der Waals surface area (Å²) in [6.07, 6.45) is 15.3. The van der Waals surface area contributed by atoms with Crippen LogP contribution in [-0.2, 0) is 24.0 Å². The number of ether oxygens (including phenoxy) is 2. The van der Waals surface area contributed by atoms with Gasteiger partial charge in [-0.25, -0.2) is 4.79 Å². The maximum atomic E-state index is 11.1. The van der Waals surface area contributed by atoms with Gasteiger partial charge in [0, 0.05) is 12.8 Å². The van der Waals surface area contributed by atoms with Gasteiger partial charge in [0.2, 0.25) is 0 Å². The third-order valence-electron chi connectivity index (χ3n) is 4.98. The van der Waals surface area contributed by atoms with Gasteiger partial charge in [0.05, 0.1) is 31.5 Å². The van der Waals surface area contributed by atoms with Crippen molar-refractivity contribution in [2.24, 2.45) is 0 Å². The summed E-state index contributed by atoms with van der Waals surface area (Å²) in [6, 6.07) is 0. The molecule has 0 aromatic carbocycles. The molecule has 2 aliphatic rings. The number of carbonyl (C=O) groups is 1. The Morgan fingerprint density at radius 2 is 1.42 bits per heavy atom. The summed E-state index contributed by atoms with van der Waals surface area (Å²) in [5.74, 6) is -0.276. The van der Waals surface area contributed by atoms with E-state index in [1.807, 2.05) is 0 Å². The average molecular weight is 342 g/mol. The van der Waals surface area contributed by atoms with Crippen molar-refractivity contribution in [1.29, 1.82) is 0 Å². The maximum absolute atomic E-state index is 11.1. The summed E-state index contributed by atoms with van der Waals surface area (Å²) in [4.78, 5) is 19.8. The molecule has 5 heteroatoms. The van der Waals surface area contributed by atoms with E-state index in [0.717, 1.165) is 19.3 Å². The lowest BCUT2D eigenvalue weighted by Crippen LogP contribution is -2.02. The first kappa shape index (κ1) is 19.7. The number of carbonyl (C=O) groups excluding carboxylic acids is 1. The van der Waals surface area contributed by atoms with E-state index in [1.165, 1.54) is 58.5 Å². The molecule has 24 heavy (non-hydrogen) atoms. The van der Waals surface area contributed by atoms with Crippen LogP contribution in [-0.4, -0.2) is 37.5 Å². The summed E-state index contributed by atoms with van der Waals surface area (Å²) in [5, 5.41) is 0. The summed E-state index contributed by atoms with van der Waals surface area (Å²) >= 11 is 0. The van der Waals surface area contributed by atoms with Gasteiger partial charge in [0.15, 0.2) is 0 Å². The first-order valence-electron chi connectivity index (χ1n) is 9.79. The van der Waals surface area contributed by atoms with Crippen molar-refractivity contribution in [3.8, 4) is 0 Å². The predicted molar refractivity (Wildman–Crippen MR) is 91.5 cm³/mol. The molecule has 0 spiro atoms. The molecule has 0 aromatic rings. The van der Waals surface area contributed by atoms with Gasteiger partial charge in [-0.1, -0.05) is 51.9 Å². The van der Waals surface area contributed by atoms with E-state index < -0.39 is 0 Å². The topological polar surface area (TPSA) is 60.6 Å². The molecule has 2 rings (SSSR count). The van der Waals surface area contributed by atoms with E-state index in [0.29, 0.717) is 30.8 Å². The Kier molecular flexibility index (Phi) is 9.07. The largest absolute Gasteiger partial charge is 0.369 e. The molecule has 2 heterocycles. The van der Waals surface area contributed by atoms with Crippen LogP contribution in [0, 0.1) is 0 Å². The molecule has 0 aliphatic carbocycles. The molecule has 5 nitrogen and oxygen atoms in total. The molecule has 2 aliphatic heterocycles. The zero-order valence-corrected chi connectivity index (χ0v) is 15.3. The highest BCUT2D eigenvalue weighted by atomic mass is 17.2. The van der Waals surface area contributed by atoms with Gasteiger partial charge in [0.1, 0.15) is 0 Å². The summed E-state index contributed by atoms with van der Waals surface area (Å²) < 4.78 is 11.5. The summed E-state index contributed by atoms with van der Waals surface area (Å²) in [6.45, 7) is 2.24. The van der Waals surface area contributed by atoms with E-state index >= 15 is 0 Å². The molecule has 0 radical (unpaired) electrons. The van der Waals surface area contributed by atoms with Crippen molar-refractivity contribution in [3.05, 3.63) is 0 Å². The van der Waals surface area contributed by atoms with Gasteiger partial charge in [-0.15, -0.1) is 0 Å². The van der Waals surface area contributed by atoms with Gasteiger partial charge in [-0.05, 0) is 19.3 Å². The van der Waals surface area contributed by atoms with E-state index in [2.05, 4.69) is 16.7 Å². The molecule has 0 saturated carbocycles. The van der Waals surface area contributed by atoms with Crippen LogP contribution in [0.15, 0.2) is 0 Å². The Labute approximate surface area is 146 Å². The van der Waals surface area contributed by atoms with Crippen LogP contribution in [0.3, 0.4) is 0 Å². The maximum Gasteiger partial charge on any atom is 0.342 e. The molecule has 0 aromatic heterocycles. The van der Waals surface area contributed by atoms with E-state index in [9.17, 15) is 4.79 Å². The van der Waals surface area contributed by atoms with Crippen LogP contribution in [0.4, 0.5) is 0 Å². The van der Waals surface area contributed by atoms with Crippen molar-refractivity contribution < 1.29 is 24.0 Å². The van der Waals surface area contributed by atoms with Crippen molar-refractivity contribution in [3.63, 3.8) is 0 Å². The van der Waals surface area contributed by atoms with E-state index in [-0.39, 0.29) is 5.97 Å². The number of hydrogen-bond donors (Lipinski definition) is 0. The second-order valence-corrected chi connectivity index (χ2v) is 7.09. The Morgan fingerprint density at radius 3 is 2.04 bits per heavy atom. The molecule has 140 valence electrons. The fourth-order valence-corrected chi connectivity index (χ4v) is 3.39. The third kappa shape index (κ3) is 7.95. The van der Waals surface area contributed by atoms with Gasteiger partial charge in [-0.2, -0.15) is 4.89 Å². The third-order valence-corrected chi connectivity index (χ3v) is 4.98. The highest BCUT2D eigenvalue weighted by molar-refractivity contribution is 5.68. The first-order valence-corrected chi connectivity index (χ1v) is 9.79. The first-order chi connectivity index (χ1) is 11.7. The highest BCUT2D eigenvalue weighted by Gasteiger charge is 2.47. The Bertz CT molecular complexity index is 360. The molecule has 0 bridgehead atoms. The smallest absolute Gasteiger partial charge is 0.342 e. The quantitative estimate of drug-likeness (QED) is 0.192. The lowest BCUT2D eigenvalue weighted by molar-refractivity contribution is -0.255. The number of epoxide rings is 2. The molecule has 0 N–H and O–H groups in total. The molecular weight excluding hydrogens is 308 g/mol. The van der Waals surface area contributed by atoms with Crippen LogP contribution < -0.4 is 0 Å². The Hall–Kier alpha value is -0.650. The fraction of sp³-hybridized carbons (Fsp3) is 0.947. The SMILES string of the molecule is CCCCCC1OC1CC1OC1CCCCCCCC(=O)OOC. The van der Waals surface area contributed by atoms with Crippen LogP contribution in [0.25, 0.3) is 0 Å². The molecule has 4 atom stereocenters. The van der Waals surface area contributed by atoms with Gasteiger partial charge in [-0.3, -0.25) is 4.89 Å². The highest BCUT2D eigenvalue weighted by Crippen LogP contribution is 2.39. The standard InChI is InChI=1S/C19H34O5/c1-3-4-8-11-15-17(22-15)14-18-16(23-18)12-9-6-5-7-10-13-19(20)24-21-2/h15-18H,3-14H2,1-2H3. The molecule has 4 unspecified atom stereocenters. The number of unbranched alkanes of at least 4 members (excludes halogenated alkanes) is 6. The van der Waals surface area contributed by atoms with Crippen molar-refractivity contribution >= 4 is 5.97 Å². The molecule has 0 amide bonds. The van der Waals surface area contributed by atoms with Crippen LogP contribution in [0.5, 0.6) is 0 Å². The molecule has 2 saturated heterocycles. The van der Waals surface area contributed by atoms with Gasteiger partial charge in [0.25, 0.3) is 0 Å². The Balaban J connectivity index is 1.34. The molecular formula is C19H34O5. The van der Waals surface area contributed by atoms with E-state index in [4.69, 9.17) is 9.47 Å². The zero-order valence-electron chi connectivity index (χ0n) is 15.3. The lowest BCUT2D eigenvalue weighted by atomic mass is 10.0. The number of hydrogen-bond acceptors (Lipinski definition) is 5. The Morgan fingerprint density at radius 1 is 0.833 bits per heavy atom. The summed E-state index contributed by atoms with van der Waals surface area (Å²) in [7, 11) is 1.35. The van der Waals surface area contributed by atoms with Gasteiger partial charge < -0.3 is 9.47 Å². The van der Waals surface area contributed by atoms with Crippen molar-refractivity contribution in [2.75, 3.05) is 7.11 Å². The minimum atomic E-state index is -0.276. The summed E-state index contributed by atoms with van der Waals surface area (Å²) in [5.41, 5.74) is 0. The van der Waals surface area contributed by atoms with Crippen LogP contribution in [0.1, 0.15) is 84.0 Å². The predicted octanol–water partition coefficient (Wildman–Crippen LogP) is 4.33. The van der Waals surface area contributed by atoms with Crippen LogP contribution in [0.2, 0.25) is 0 Å². The fourth-order valence-electron chi connectivity index (χ4n) is 3.39. The normalized spacial score (nSPS) is 27.9. The van der Waals surface area contributed by atoms with Gasteiger partial charge >= 0.3 is 5.97 Å². The minimum Gasteiger partial charge on any atom is -0.369 e. The second kappa shape index (κ2) is 11.1. The number of rotatable bonds is 15. The van der Waals surface area contributed by atoms with E-state index in [1.54, 1.807) is 0 Å². The minimum absolute atomic E-state index is 0.276. The average Bonchev–Trinajstić information content (AvgIpc) is 3.47. The second-order valence-electron chi connectivity index (χ2n) is 7.09. The van der Waals surface area contributed by atoms with Crippen molar-refractivity contribution in [1.82, 2.24) is 0 Å².